The predicted octanol–water partition coefficient (Wildman–Crippen LogP) is 1.17. The molecule has 6 nitrogen and oxygen atoms in total. The van der Waals surface area contributed by atoms with Gasteiger partial charge in [0.25, 0.3) is 0 Å². The SMILES string of the molecule is CCn1cc(C(=O)O)c(=O)c2cc(SCCN)cnc21. The Morgan fingerprint density at radius 2 is 2.30 bits per heavy atom. The number of nitrogens with two attached hydrogens (primary N) is 1. The van der Waals surface area contributed by atoms with Gasteiger partial charge in [-0.3, -0.25) is 4.79 Å². The van der Waals surface area contributed by atoms with Crippen LogP contribution in [-0.4, -0.2) is 32.9 Å². The van der Waals surface area contributed by atoms with Gasteiger partial charge < -0.3 is 15.4 Å². The van der Waals surface area contributed by atoms with Gasteiger partial charge in [0.15, 0.2) is 0 Å². The van der Waals surface area contributed by atoms with Gasteiger partial charge in [-0.05, 0) is 13.0 Å². The molecule has 3 N–H and O–H groups in total. The van der Waals surface area contributed by atoms with Gasteiger partial charge >= 0.3 is 5.97 Å². The first-order chi connectivity index (χ1) is 9.58. The minimum absolute atomic E-state index is 0.234. The molecule has 0 spiro atoms. The number of thioether (sulfide) groups is 1. The number of aromatic nitrogens is 2. The van der Waals surface area contributed by atoms with E-state index in [1.807, 2.05) is 6.92 Å². The summed E-state index contributed by atoms with van der Waals surface area (Å²) >= 11 is 1.49. The first-order valence-electron chi connectivity index (χ1n) is 6.17. The van der Waals surface area contributed by atoms with Crippen LogP contribution in [-0.2, 0) is 6.54 Å². The minimum atomic E-state index is -1.22. The van der Waals surface area contributed by atoms with Gasteiger partial charge in [0.1, 0.15) is 11.2 Å². The monoisotopic (exact) mass is 293 g/mol. The van der Waals surface area contributed by atoms with Crippen molar-refractivity contribution in [1.29, 1.82) is 0 Å². The fourth-order valence-corrected chi connectivity index (χ4v) is 2.59. The molecule has 0 aliphatic rings. The van der Waals surface area contributed by atoms with Gasteiger partial charge in [-0.15, -0.1) is 11.8 Å². The number of pyridine rings is 2. The molecule has 2 aromatic heterocycles. The van der Waals surface area contributed by atoms with Gasteiger partial charge in [0.05, 0.1) is 5.39 Å². The summed E-state index contributed by atoms with van der Waals surface area (Å²) in [4.78, 5) is 28.4. The van der Waals surface area contributed by atoms with E-state index < -0.39 is 11.4 Å². The largest absolute Gasteiger partial charge is 0.477 e. The van der Waals surface area contributed by atoms with E-state index in [9.17, 15) is 9.59 Å². The molecule has 7 heteroatoms. The van der Waals surface area contributed by atoms with E-state index in [0.29, 0.717) is 29.9 Å². The Morgan fingerprint density at radius 3 is 2.90 bits per heavy atom. The summed E-state index contributed by atoms with van der Waals surface area (Å²) in [6.45, 7) is 2.94. The summed E-state index contributed by atoms with van der Waals surface area (Å²) in [5, 5.41) is 9.43. The lowest BCUT2D eigenvalue weighted by Crippen LogP contribution is -2.19. The highest BCUT2D eigenvalue weighted by Crippen LogP contribution is 2.20. The predicted molar refractivity (Wildman–Crippen MR) is 78.4 cm³/mol. The van der Waals surface area contributed by atoms with Crippen molar-refractivity contribution < 1.29 is 9.90 Å². The quantitative estimate of drug-likeness (QED) is 0.803. The van der Waals surface area contributed by atoms with Gasteiger partial charge in [-0.1, -0.05) is 0 Å². The minimum Gasteiger partial charge on any atom is -0.477 e. The van der Waals surface area contributed by atoms with Crippen LogP contribution in [0.15, 0.2) is 28.2 Å². The van der Waals surface area contributed by atoms with Crippen LogP contribution in [0.2, 0.25) is 0 Å². The topological polar surface area (TPSA) is 98.2 Å². The third-order valence-corrected chi connectivity index (χ3v) is 3.84. The molecule has 0 aliphatic heterocycles. The number of carboxylic acids is 1. The Balaban J connectivity index is 2.68. The summed E-state index contributed by atoms with van der Waals surface area (Å²) in [6, 6.07) is 1.68. The molecule has 20 heavy (non-hydrogen) atoms. The Labute approximate surface area is 119 Å². The number of carbonyl (C=O) groups is 1. The number of rotatable bonds is 5. The molecule has 0 bridgehead atoms. The number of aryl methyl sites for hydroxylation is 1. The average Bonchev–Trinajstić information content (AvgIpc) is 2.45. The van der Waals surface area contributed by atoms with E-state index in [2.05, 4.69) is 4.98 Å². The first-order valence-corrected chi connectivity index (χ1v) is 7.16. The Kier molecular flexibility index (Phi) is 4.41. The molecule has 0 radical (unpaired) electrons. The van der Waals surface area contributed by atoms with Crippen molar-refractivity contribution in [1.82, 2.24) is 9.55 Å². The standard InChI is InChI=1S/C13H15N3O3S/c1-2-16-7-10(13(18)19)11(17)9-5-8(20-4-3-14)6-15-12(9)16/h5-7H,2-4,14H2,1H3,(H,18,19). The summed E-state index contributed by atoms with van der Waals surface area (Å²) in [5.74, 6) is -0.507. The molecule has 0 fully saturated rings. The number of aromatic carboxylic acids is 1. The molecule has 2 heterocycles. The molecule has 2 aromatic rings. The zero-order valence-electron chi connectivity index (χ0n) is 11.0. The Bertz CT molecular complexity index is 712. The van der Waals surface area contributed by atoms with Crippen LogP contribution in [0.5, 0.6) is 0 Å². The van der Waals surface area contributed by atoms with Gasteiger partial charge in [0, 0.05) is 36.1 Å². The van der Waals surface area contributed by atoms with Crippen molar-refractivity contribution in [3.63, 3.8) is 0 Å². The number of nitrogens with zero attached hydrogens (tertiary/aromatic N) is 2. The van der Waals surface area contributed by atoms with E-state index in [0.717, 1.165) is 4.90 Å². The molecule has 0 saturated heterocycles. The highest BCUT2D eigenvalue weighted by Gasteiger charge is 2.15. The fourth-order valence-electron chi connectivity index (χ4n) is 1.90. The van der Waals surface area contributed by atoms with Gasteiger partial charge in [-0.25, -0.2) is 9.78 Å². The van der Waals surface area contributed by atoms with Crippen LogP contribution < -0.4 is 11.2 Å². The van der Waals surface area contributed by atoms with Crippen LogP contribution in [0, 0.1) is 0 Å². The second-order valence-corrected chi connectivity index (χ2v) is 5.31. The zero-order valence-corrected chi connectivity index (χ0v) is 11.8. The van der Waals surface area contributed by atoms with E-state index in [1.165, 1.54) is 18.0 Å². The molecule has 106 valence electrons. The van der Waals surface area contributed by atoms with Crippen molar-refractivity contribution in [2.24, 2.45) is 5.73 Å². The lowest BCUT2D eigenvalue weighted by molar-refractivity contribution is 0.0695. The van der Waals surface area contributed by atoms with Crippen molar-refractivity contribution >= 4 is 28.8 Å². The second-order valence-electron chi connectivity index (χ2n) is 4.14. The van der Waals surface area contributed by atoms with Crippen LogP contribution in [0.1, 0.15) is 17.3 Å². The number of hydrogen-bond donors (Lipinski definition) is 2. The highest BCUT2D eigenvalue weighted by atomic mass is 32.2. The molecule has 0 unspecified atom stereocenters. The van der Waals surface area contributed by atoms with Crippen LogP contribution in [0.3, 0.4) is 0 Å². The molecule has 0 amide bonds. The van der Waals surface area contributed by atoms with Crippen LogP contribution in [0.25, 0.3) is 11.0 Å². The molecule has 0 saturated carbocycles. The normalized spacial score (nSPS) is 10.9. The fraction of sp³-hybridized carbons (Fsp3) is 0.308. The summed E-state index contributed by atoms with van der Waals surface area (Å²) in [5.41, 5.74) is 5.21. The molecule has 0 atom stereocenters. The van der Waals surface area contributed by atoms with Crippen molar-refractivity contribution in [3.05, 3.63) is 34.2 Å². The molecule has 0 aliphatic carbocycles. The van der Waals surface area contributed by atoms with Gasteiger partial charge in [-0.2, -0.15) is 0 Å². The van der Waals surface area contributed by atoms with E-state index in [-0.39, 0.29) is 5.56 Å². The van der Waals surface area contributed by atoms with Crippen molar-refractivity contribution in [2.75, 3.05) is 12.3 Å². The third-order valence-electron chi connectivity index (χ3n) is 2.85. The zero-order chi connectivity index (χ0) is 14.7. The summed E-state index contributed by atoms with van der Waals surface area (Å²) < 4.78 is 1.66. The Morgan fingerprint density at radius 1 is 1.55 bits per heavy atom. The molecule has 2 rings (SSSR count). The highest BCUT2D eigenvalue weighted by molar-refractivity contribution is 7.99. The number of fused-ring (bicyclic) bond motifs is 1. The first kappa shape index (κ1) is 14.5. The molecule has 0 aromatic carbocycles. The van der Waals surface area contributed by atoms with E-state index in [4.69, 9.17) is 10.8 Å². The maximum atomic E-state index is 12.2. The van der Waals surface area contributed by atoms with Crippen LogP contribution in [0.4, 0.5) is 0 Å². The van der Waals surface area contributed by atoms with Crippen LogP contribution >= 0.6 is 11.8 Å². The lowest BCUT2D eigenvalue weighted by atomic mass is 10.2. The average molecular weight is 293 g/mol. The number of hydrogen-bond acceptors (Lipinski definition) is 5. The van der Waals surface area contributed by atoms with E-state index in [1.54, 1.807) is 16.8 Å². The van der Waals surface area contributed by atoms with Gasteiger partial charge in [0.2, 0.25) is 5.43 Å². The maximum absolute atomic E-state index is 12.2. The molecular weight excluding hydrogens is 278 g/mol. The summed E-state index contributed by atoms with van der Waals surface area (Å²) in [7, 11) is 0. The molecular formula is C13H15N3O3S. The van der Waals surface area contributed by atoms with Crippen molar-refractivity contribution in [3.8, 4) is 0 Å². The lowest BCUT2D eigenvalue weighted by Gasteiger charge is -2.10. The number of carboxylic acid groups (broad SMARTS) is 1. The summed E-state index contributed by atoms with van der Waals surface area (Å²) in [6.07, 6.45) is 3.02. The maximum Gasteiger partial charge on any atom is 0.341 e. The third kappa shape index (κ3) is 2.68. The smallest absolute Gasteiger partial charge is 0.341 e. The second kappa shape index (κ2) is 6.06. The van der Waals surface area contributed by atoms with Crippen molar-refractivity contribution in [2.45, 2.75) is 18.4 Å². The Hall–Kier alpha value is -1.86. The van der Waals surface area contributed by atoms with E-state index >= 15 is 0 Å².